The maximum Gasteiger partial charge on any atom is 0.315 e. The summed E-state index contributed by atoms with van der Waals surface area (Å²) in [5, 5.41) is 17.2. The smallest absolute Gasteiger partial charge is 0.315 e. The number of amides is 2. The first-order valence-corrected chi connectivity index (χ1v) is 7.18. The van der Waals surface area contributed by atoms with Crippen molar-refractivity contribution in [2.75, 3.05) is 0 Å². The van der Waals surface area contributed by atoms with Crippen LogP contribution in [-0.2, 0) is 11.3 Å². The average molecular weight is 283 g/mol. The summed E-state index contributed by atoms with van der Waals surface area (Å²) in [6, 6.07) is -0.308. The zero-order valence-corrected chi connectivity index (χ0v) is 11.3. The van der Waals surface area contributed by atoms with E-state index in [0.717, 1.165) is 17.8 Å². The highest BCUT2D eigenvalue weighted by Crippen LogP contribution is 2.24. The van der Waals surface area contributed by atoms with E-state index in [1.807, 2.05) is 5.38 Å². The fourth-order valence-electron chi connectivity index (χ4n) is 2.28. The van der Waals surface area contributed by atoms with Crippen molar-refractivity contribution in [3.05, 3.63) is 16.6 Å². The number of nitrogens with one attached hydrogen (secondary N) is 2. The molecule has 1 heterocycles. The molecule has 19 heavy (non-hydrogen) atoms. The Balaban J connectivity index is 1.74. The number of hydrogen-bond donors (Lipinski definition) is 3. The Labute approximate surface area is 115 Å². The molecule has 1 fully saturated rings. The minimum Gasteiger partial charge on any atom is -0.481 e. The molecule has 0 spiro atoms. The Morgan fingerprint density at radius 1 is 1.47 bits per heavy atom. The summed E-state index contributed by atoms with van der Waals surface area (Å²) in [6.45, 7) is 0.401. The highest BCUT2D eigenvalue weighted by molar-refractivity contribution is 7.09. The van der Waals surface area contributed by atoms with Crippen LogP contribution in [0.4, 0.5) is 4.79 Å². The lowest BCUT2D eigenvalue weighted by Crippen LogP contribution is -2.44. The third-order valence-electron chi connectivity index (χ3n) is 3.24. The second-order valence-electron chi connectivity index (χ2n) is 4.65. The maximum absolute atomic E-state index is 11.7. The molecule has 1 aromatic heterocycles. The fraction of sp³-hybridized carbons (Fsp3) is 0.583. The van der Waals surface area contributed by atoms with E-state index in [-0.39, 0.29) is 18.0 Å². The second-order valence-corrected chi connectivity index (χ2v) is 5.63. The zero-order chi connectivity index (χ0) is 13.7. The maximum atomic E-state index is 11.7. The molecule has 0 bridgehead atoms. The molecule has 2 atom stereocenters. The van der Waals surface area contributed by atoms with Gasteiger partial charge in [0, 0.05) is 17.6 Å². The first kappa shape index (κ1) is 13.8. The van der Waals surface area contributed by atoms with Crippen LogP contribution in [0.5, 0.6) is 0 Å². The molecule has 2 rings (SSSR count). The molecule has 3 N–H and O–H groups in total. The molecule has 2 amide bonds. The first-order valence-electron chi connectivity index (χ1n) is 6.30. The van der Waals surface area contributed by atoms with Gasteiger partial charge in [0.05, 0.1) is 12.5 Å². The summed E-state index contributed by atoms with van der Waals surface area (Å²) in [5.41, 5.74) is 0. The van der Waals surface area contributed by atoms with Gasteiger partial charge in [0.1, 0.15) is 5.01 Å². The Morgan fingerprint density at radius 2 is 2.32 bits per heavy atom. The number of aromatic nitrogens is 1. The van der Waals surface area contributed by atoms with Gasteiger partial charge in [-0.2, -0.15) is 0 Å². The van der Waals surface area contributed by atoms with E-state index in [9.17, 15) is 9.59 Å². The number of rotatable bonds is 4. The van der Waals surface area contributed by atoms with E-state index in [2.05, 4.69) is 15.6 Å². The average Bonchev–Trinajstić information content (AvgIpc) is 2.90. The predicted molar refractivity (Wildman–Crippen MR) is 70.9 cm³/mol. The number of carbonyl (C=O) groups is 2. The van der Waals surface area contributed by atoms with Crippen molar-refractivity contribution in [3.8, 4) is 0 Å². The van der Waals surface area contributed by atoms with Gasteiger partial charge in [-0.3, -0.25) is 4.79 Å². The van der Waals surface area contributed by atoms with Crippen molar-refractivity contribution in [1.82, 2.24) is 15.6 Å². The molecule has 1 aromatic rings. The number of carboxylic acids is 1. The van der Waals surface area contributed by atoms with Gasteiger partial charge in [-0.15, -0.1) is 11.3 Å². The topological polar surface area (TPSA) is 91.3 Å². The molecule has 1 saturated carbocycles. The van der Waals surface area contributed by atoms with Gasteiger partial charge in [-0.25, -0.2) is 9.78 Å². The highest BCUT2D eigenvalue weighted by Gasteiger charge is 2.27. The van der Waals surface area contributed by atoms with E-state index in [0.29, 0.717) is 19.4 Å². The monoisotopic (exact) mass is 283 g/mol. The van der Waals surface area contributed by atoms with Crippen molar-refractivity contribution in [3.63, 3.8) is 0 Å². The van der Waals surface area contributed by atoms with E-state index < -0.39 is 5.97 Å². The van der Waals surface area contributed by atoms with Crippen LogP contribution in [0.1, 0.15) is 30.7 Å². The third-order valence-corrected chi connectivity index (χ3v) is 4.02. The number of carboxylic acid groups (broad SMARTS) is 1. The van der Waals surface area contributed by atoms with Crippen LogP contribution in [0.2, 0.25) is 0 Å². The predicted octanol–water partition coefficient (Wildman–Crippen LogP) is 1.59. The van der Waals surface area contributed by atoms with Gasteiger partial charge in [-0.05, 0) is 19.3 Å². The minimum absolute atomic E-state index is 0.0499. The summed E-state index contributed by atoms with van der Waals surface area (Å²) in [7, 11) is 0. The van der Waals surface area contributed by atoms with Gasteiger partial charge in [0.2, 0.25) is 0 Å². The van der Waals surface area contributed by atoms with Crippen molar-refractivity contribution in [2.45, 2.75) is 38.3 Å². The SMILES string of the molecule is O=C(NCc1nccs1)NC1CCCC(C(=O)O)C1. The van der Waals surface area contributed by atoms with E-state index >= 15 is 0 Å². The van der Waals surface area contributed by atoms with Crippen LogP contribution in [0.25, 0.3) is 0 Å². The molecule has 1 aliphatic carbocycles. The van der Waals surface area contributed by atoms with Crippen molar-refractivity contribution in [1.29, 1.82) is 0 Å². The number of carbonyl (C=O) groups excluding carboxylic acids is 1. The van der Waals surface area contributed by atoms with Gasteiger partial charge >= 0.3 is 12.0 Å². The Hall–Kier alpha value is -1.63. The van der Waals surface area contributed by atoms with Crippen LogP contribution in [0.3, 0.4) is 0 Å². The molecule has 0 aromatic carbocycles. The molecule has 0 saturated heterocycles. The third kappa shape index (κ3) is 4.20. The van der Waals surface area contributed by atoms with E-state index in [1.165, 1.54) is 11.3 Å². The Kier molecular flexibility index (Phi) is 4.73. The minimum atomic E-state index is -0.769. The number of thiazole rings is 1. The van der Waals surface area contributed by atoms with Gasteiger partial charge in [-0.1, -0.05) is 6.42 Å². The lowest BCUT2D eigenvalue weighted by atomic mass is 9.86. The van der Waals surface area contributed by atoms with E-state index in [1.54, 1.807) is 6.20 Å². The molecule has 6 nitrogen and oxygen atoms in total. The Morgan fingerprint density at radius 3 is 3.00 bits per heavy atom. The van der Waals surface area contributed by atoms with Crippen LogP contribution < -0.4 is 10.6 Å². The molecule has 1 aliphatic rings. The summed E-state index contributed by atoms with van der Waals surface area (Å²) in [6.07, 6.45) is 4.59. The standard InChI is InChI=1S/C12H17N3O3S/c16-11(17)8-2-1-3-9(6-8)15-12(18)14-7-10-13-4-5-19-10/h4-5,8-9H,1-3,6-7H2,(H,16,17)(H2,14,15,18). The molecular weight excluding hydrogens is 266 g/mol. The molecule has 7 heteroatoms. The van der Waals surface area contributed by atoms with E-state index in [4.69, 9.17) is 5.11 Å². The quantitative estimate of drug-likeness (QED) is 0.782. The summed E-state index contributed by atoms with van der Waals surface area (Å²) < 4.78 is 0. The molecule has 0 radical (unpaired) electrons. The van der Waals surface area contributed by atoms with Crippen LogP contribution in [0, 0.1) is 5.92 Å². The van der Waals surface area contributed by atoms with Gasteiger partial charge in [0.25, 0.3) is 0 Å². The molecule has 0 aliphatic heterocycles. The number of aliphatic carboxylic acids is 1. The van der Waals surface area contributed by atoms with Crippen molar-refractivity contribution in [2.24, 2.45) is 5.92 Å². The Bertz CT molecular complexity index is 435. The van der Waals surface area contributed by atoms with Gasteiger partial charge in [0.15, 0.2) is 0 Å². The molecular formula is C12H17N3O3S. The van der Waals surface area contributed by atoms with Crippen LogP contribution in [0.15, 0.2) is 11.6 Å². The summed E-state index contributed by atoms with van der Waals surface area (Å²) >= 11 is 1.48. The van der Waals surface area contributed by atoms with Crippen LogP contribution >= 0.6 is 11.3 Å². The summed E-state index contributed by atoms with van der Waals surface area (Å²) in [4.78, 5) is 26.7. The largest absolute Gasteiger partial charge is 0.481 e. The van der Waals surface area contributed by atoms with Crippen molar-refractivity contribution >= 4 is 23.3 Å². The lowest BCUT2D eigenvalue weighted by Gasteiger charge is -2.27. The zero-order valence-electron chi connectivity index (χ0n) is 10.5. The molecule has 2 unspecified atom stereocenters. The first-order chi connectivity index (χ1) is 9.15. The summed E-state index contributed by atoms with van der Waals surface area (Å²) in [5.74, 6) is -1.10. The number of nitrogens with zero attached hydrogens (tertiary/aromatic N) is 1. The second kappa shape index (κ2) is 6.51. The van der Waals surface area contributed by atoms with Gasteiger partial charge < -0.3 is 15.7 Å². The normalized spacial score (nSPS) is 22.7. The molecule has 104 valence electrons. The van der Waals surface area contributed by atoms with Crippen LogP contribution in [-0.4, -0.2) is 28.1 Å². The fourth-order valence-corrected chi connectivity index (χ4v) is 2.83. The highest BCUT2D eigenvalue weighted by atomic mass is 32.1. The van der Waals surface area contributed by atoms with Crippen molar-refractivity contribution < 1.29 is 14.7 Å². The number of hydrogen-bond acceptors (Lipinski definition) is 4. The lowest BCUT2D eigenvalue weighted by molar-refractivity contribution is -0.143. The number of urea groups is 1.